The molecule has 1 aromatic carbocycles. The fourth-order valence-electron chi connectivity index (χ4n) is 1.74. The predicted octanol–water partition coefficient (Wildman–Crippen LogP) is 3.67. The lowest BCUT2D eigenvalue weighted by atomic mass is 10.1. The maximum atomic E-state index is 5.79. The SMILES string of the molecule is CCOC(OCC)Oc1ccccc1CCCCS. The van der Waals surface area contributed by atoms with Crippen LogP contribution in [0.15, 0.2) is 24.3 Å². The average molecular weight is 284 g/mol. The summed E-state index contributed by atoms with van der Waals surface area (Å²) in [5, 5.41) is 0. The monoisotopic (exact) mass is 284 g/mol. The minimum Gasteiger partial charge on any atom is -0.441 e. The van der Waals surface area contributed by atoms with Crippen molar-refractivity contribution in [1.82, 2.24) is 0 Å². The predicted molar refractivity (Wildman–Crippen MR) is 80.9 cm³/mol. The van der Waals surface area contributed by atoms with E-state index in [2.05, 4.69) is 18.7 Å². The summed E-state index contributed by atoms with van der Waals surface area (Å²) in [5.41, 5.74) is 1.19. The molecule has 0 aliphatic heterocycles. The second kappa shape index (κ2) is 10.1. The molecule has 0 spiro atoms. The molecule has 0 saturated heterocycles. The fraction of sp³-hybridized carbons (Fsp3) is 0.600. The molecule has 3 nitrogen and oxygen atoms in total. The Morgan fingerprint density at radius 1 is 1.05 bits per heavy atom. The number of hydrogen-bond acceptors (Lipinski definition) is 4. The van der Waals surface area contributed by atoms with E-state index in [0.717, 1.165) is 30.8 Å². The fourth-order valence-corrected chi connectivity index (χ4v) is 1.97. The zero-order valence-electron chi connectivity index (χ0n) is 11.8. The molecule has 1 aromatic rings. The number of aryl methyl sites for hydroxylation is 1. The summed E-state index contributed by atoms with van der Waals surface area (Å²) in [7, 11) is 0. The topological polar surface area (TPSA) is 27.7 Å². The summed E-state index contributed by atoms with van der Waals surface area (Å²) < 4.78 is 16.6. The molecule has 1 rings (SSSR count). The molecule has 0 fully saturated rings. The first-order valence-electron chi connectivity index (χ1n) is 6.90. The van der Waals surface area contributed by atoms with Crippen LogP contribution >= 0.6 is 12.6 Å². The molecule has 19 heavy (non-hydrogen) atoms. The third kappa shape index (κ3) is 6.32. The smallest absolute Gasteiger partial charge is 0.315 e. The van der Waals surface area contributed by atoms with Gasteiger partial charge in [0.05, 0.1) is 13.2 Å². The maximum absolute atomic E-state index is 5.79. The number of ether oxygens (including phenoxy) is 3. The standard InChI is InChI=1S/C15H24O3S/c1-3-16-15(17-4-2)18-14-11-6-5-9-13(14)10-7-8-12-19/h5-6,9,11,15,19H,3-4,7-8,10,12H2,1-2H3. The first-order chi connectivity index (χ1) is 9.31. The van der Waals surface area contributed by atoms with E-state index in [9.17, 15) is 0 Å². The third-order valence-electron chi connectivity index (χ3n) is 2.66. The molecule has 108 valence electrons. The van der Waals surface area contributed by atoms with Gasteiger partial charge in [-0.15, -0.1) is 0 Å². The van der Waals surface area contributed by atoms with Crippen molar-refractivity contribution in [3.63, 3.8) is 0 Å². The molecular weight excluding hydrogens is 260 g/mol. The molecule has 0 aliphatic carbocycles. The van der Waals surface area contributed by atoms with E-state index in [1.165, 1.54) is 5.56 Å². The summed E-state index contributed by atoms with van der Waals surface area (Å²) in [6, 6.07) is 8.04. The van der Waals surface area contributed by atoms with Crippen LogP contribution < -0.4 is 4.74 Å². The lowest BCUT2D eigenvalue weighted by Crippen LogP contribution is -2.24. The number of rotatable bonds is 10. The maximum Gasteiger partial charge on any atom is 0.315 e. The second-order valence-electron chi connectivity index (χ2n) is 4.11. The van der Waals surface area contributed by atoms with Crippen molar-refractivity contribution in [3.05, 3.63) is 29.8 Å². The molecule has 0 aliphatic rings. The molecule has 0 atom stereocenters. The van der Waals surface area contributed by atoms with E-state index in [-0.39, 0.29) is 0 Å². The van der Waals surface area contributed by atoms with Crippen LogP contribution in [0.4, 0.5) is 0 Å². The average Bonchev–Trinajstić information content (AvgIpc) is 2.41. The van der Waals surface area contributed by atoms with Crippen LogP contribution in [-0.2, 0) is 15.9 Å². The van der Waals surface area contributed by atoms with Gasteiger partial charge in [-0.1, -0.05) is 18.2 Å². The third-order valence-corrected chi connectivity index (χ3v) is 2.97. The van der Waals surface area contributed by atoms with Crippen molar-refractivity contribution in [1.29, 1.82) is 0 Å². The zero-order valence-corrected chi connectivity index (χ0v) is 12.7. The lowest BCUT2D eigenvalue weighted by Gasteiger charge is -2.20. The van der Waals surface area contributed by atoms with E-state index in [1.54, 1.807) is 0 Å². The zero-order chi connectivity index (χ0) is 13.9. The Kier molecular flexibility index (Phi) is 8.71. The van der Waals surface area contributed by atoms with Gasteiger partial charge >= 0.3 is 6.48 Å². The molecule has 0 saturated carbocycles. The van der Waals surface area contributed by atoms with E-state index in [0.29, 0.717) is 13.2 Å². The van der Waals surface area contributed by atoms with Crippen LogP contribution in [0.5, 0.6) is 5.75 Å². The number of benzene rings is 1. The van der Waals surface area contributed by atoms with Gasteiger partial charge in [-0.2, -0.15) is 12.6 Å². The Bertz CT molecular complexity index is 338. The van der Waals surface area contributed by atoms with Crippen molar-refractivity contribution < 1.29 is 14.2 Å². The lowest BCUT2D eigenvalue weighted by molar-refractivity contribution is -0.242. The molecule has 0 amide bonds. The molecule has 0 N–H and O–H groups in total. The summed E-state index contributed by atoms with van der Waals surface area (Å²) >= 11 is 4.23. The van der Waals surface area contributed by atoms with Crippen molar-refractivity contribution in [2.24, 2.45) is 0 Å². The largest absolute Gasteiger partial charge is 0.441 e. The van der Waals surface area contributed by atoms with Gasteiger partial charge in [-0.25, -0.2) is 0 Å². The Labute approximate surface area is 121 Å². The van der Waals surface area contributed by atoms with Crippen LogP contribution in [0.3, 0.4) is 0 Å². The van der Waals surface area contributed by atoms with Crippen molar-refractivity contribution >= 4 is 12.6 Å². The summed E-state index contributed by atoms with van der Waals surface area (Å²) in [6.45, 7) is 4.35. The van der Waals surface area contributed by atoms with Crippen LogP contribution in [0.2, 0.25) is 0 Å². The van der Waals surface area contributed by atoms with Gasteiger partial charge in [0, 0.05) is 0 Å². The summed E-state index contributed by atoms with van der Waals surface area (Å²) in [6.07, 6.45) is 3.21. The van der Waals surface area contributed by atoms with Crippen molar-refractivity contribution in [3.8, 4) is 5.75 Å². The van der Waals surface area contributed by atoms with Gasteiger partial charge in [0.25, 0.3) is 0 Å². The molecule has 0 bridgehead atoms. The van der Waals surface area contributed by atoms with Gasteiger partial charge in [-0.05, 0) is 50.5 Å². The molecule has 0 unspecified atom stereocenters. The van der Waals surface area contributed by atoms with E-state index in [1.807, 2.05) is 32.0 Å². The molecule has 0 aromatic heterocycles. The highest BCUT2D eigenvalue weighted by atomic mass is 32.1. The number of hydrogen-bond donors (Lipinski definition) is 1. The van der Waals surface area contributed by atoms with Gasteiger partial charge in [0.15, 0.2) is 0 Å². The first kappa shape index (κ1) is 16.3. The van der Waals surface area contributed by atoms with E-state index in [4.69, 9.17) is 14.2 Å². The highest BCUT2D eigenvalue weighted by molar-refractivity contribution is 7.80. The quantitative estimate of drug-likeness (QED) is 0.403. The van der Waals surface area contributed by atoms with Gasteiger partial charge < -0.3 is 14.2 Å². The van der Waals surface area contributed by atoms with Gasteiger partial charge in [0.2, 0.25) is 0 Å². The number of thiol groups is 1. The normalized spacial score (nSPS) is 10.9. The highest BCUT2D eigenvalue weighted by Gasteiger charge is 2.12. The van der Waals surface area contributed by atoms with Gasteiger partial charge in [-0.3, -0.25) is 0 Å². The Morgan fingerprint density at radius 2 is 1.74 bits per heavy atom. The minimum absolute atomic E-state index is 0.562. The van der Waals surface area contributed by atoms with Crippen LogP contribution in [0.25, 0.3) is 0 Å². The summed E-state index contributed by atoms with van der Waals surface area (Å²) in [5.74, 6) is 1.76. The molecule has 4 heteroatoms. The second-order valence-corrected chi connectivity index (χ2v) is 4.55. The Hall–Kier alpha value is -0.710. The first-order valence-corrected chi connectivity index (χ1v) is 7.53. The van der Waals surface area contributed by atoms with Gasteiger partial charge in [0.1, 0.15) is 5.75 Å². The van der Waals surface area contributed by atoms with Crippen LogP contribution in [0.1, 0.15) is 32.3 Å². The number of unbranched alkanes of at least 4 members (excludes halogenated alkanes) is 1. The van der Waals surface area contributed by atoms with Crippen molar-refractivity contribution in [2.45, 2.75) is 39.6 Å². The van der Waals surface area contributed by atoms with Crippen LogP contribution in [0, 0.1) is 0 Å². The van der Waals surface area contributed by atoms with E-state index < -0.39 is 6.48 Å². The Morgan fingerprint density at radius 3 is 2.37 bits per heavy atom. The summed E-state index contributed by atoms with van der Waals surface area (Å²) in [4.78, 5) is 0. The minimum atomic E-state index is -0.624. The number of para-hydroxylation sites is 1. The molecule has 0 radical (unpaired) electrons. The molecular formula is C15H24O3S. The molecule has 0 heterocycles. The Balaban J connectivity index is 2.63. The van der Waals surface area contributed by atoms with Crippen LogP contribution in [-0.4, -0.2) is 25.4 Å². The highest BCUT2D eigenvalue weighted by Crippen LogP contribution is 2.22. The van der Waals surface area contributed by atoms with Crippen molar-refractivity contribution in [2.75, 3.05) is 19.0 Å². The van der Waals surface area contributed by atoms with E-state index >= 15 is 0 Å².